The van der Waals surface area contributed by atoms with Gasteiger partial charge >= 0.3 is 11.9 Å². The van der Waals surface area contributed by atoms with E-state index in [0.29, 0.717) is 0 Å². The second-order valence-electron chi connectivity index (χ2n) is 4.11. The summed E-state index contributed by atoms with van der Waals surface area (Å²) < 4.78 is 38.1. The van der Waals surface area contributed by atoms with E-state index in [1.165, 1.54) is 13.0 Å². The fourth-order valence-corrected chi connectivity index (χ4v) is 2.01. The van der Waals surface area contributed by atoms with Gasteiger partial charge in [0.1, 0.15) is 5.69 Å². The van der Waals surface area contributed by atoms with E-state index >= 15 is 0 Å². The van der Waals surface area contributed by atoms with Crippen LogP contribution in [0.3, 0.4) is 0 Å². The van der Waals surface area contributed by atoms with Crippen molar-refractivity contribution in [3.05, 3.63) is 50.9 Å². The molecule has 110 valence electrons. The van der Waals surface area contributed by atoms with Crippen molar-refractivity contribution in [1.82, 2.24) is 9.97 Å². The molecule has 0 atom stereocenters. The zero-order chi connectivity index (χ0) is 15.8. The topological polar surface area (TPSA) is 68.9 Å². The molecule has 0 amide bonds. The van der Waals surface area contributed by atoms with Gasteiger partial charge in [0.2, 0.25) is 5.28 Å². The van der Waals surface area contributed by atoms with Crippen molar-refractivity contribution in [2.45, 2.75) is 13.1 Å². The van der Waals surface area contributed by atoms with E-state index in [1.807, 2.05) is 0 Å². The zero-order valence-corrected chi connectivity index (χ0v) is 11.2. The summed E-state index contributed by atoms with van der Waals surface area (Å²) in [6.45, 7) is 1.34. The number of alkyl halides is 3. The van der Waals surface area contributed by atoms with Crippen LogP contribution in [0.15, 0.2) is 24.3 Å². The van der Waals surface area contributed by atoms with Crippen molar-refractivity contribution < 1.29 is 18.1 Å². The molecular formula is C12H7ClF3N3O2. The Bertz CT molecular complexity index is 719. The van der Waals surface area contributed by atoms with Gasteiger partial charge < -0.3 is 0 Å². The van der Waals surface area contributed by atoms with Crippen LogP contribution in [0, 0.1) is 17.0 Å². The van der Waals surface area contributed by atoms with Crippen LogP contribution < -0.4 is 0 Å². The van der Waals surface area contributed by atoms with Crippen molar-refractivity contribution in [1.29, 1.82) is 0 Å². The van der Waals surface area contributed by atoms with Gasteiger partial charge in [-0.1, -0.05) is 12.1 Å². The molecule has 0 unspecified atom stereocenters. The molecule has 1 aromatic heterocycles. The Hall–Kier alpha value is -2.22. The van der Waals surface area contributed by atoms with E-state index < -0.39 is 22.4 Å². The van der Waals surface area contributed by atoms with Crippen molar-refractivity contribution >= 4 is 17.3 Å². The van der Waals surface area contributed by atoms with E-state index in [2.05, 4.69) is 9.97 Å². The third kappa shape index (κ3) is 3.10. The molecule has 0 spiro atoms. The summed E-state index contributed by atoms with van der Waals surface area (Å²) in [5.74, 6) is 0. The van der Waals surface area contributed by atoms with Crippen molar-refractivity contribution in [2.24, 2.45) is 0 Å². The van der Waals surface area contributed by atoms with Crippen LogP contribution in [0.2, 0.25) is 5.28 Å². The van der Waals surface area contributed by atoms with Crippen LogP contribution in [-0.2, 0) is 6.18 Å². The van der Waals surface area contributed by atoms with Crippen LogP contribution in [-0.4, -0.2) is 14.9 Å². The Morgan fingerprint density at radius 1 is 1.29 bits per heavy atom. The van der Waals surface area contributed by atoms with Crippen LogP contribution in [0.25, 0.3) is 11.3 Å². The van der Waals surface area contributed by atoms with E-state index in [-0.39, 0.29) is 22.2 Å². The maximum Gasteiger partial charge on any atom is 0.416 e. The molecule has 2 rings (SSSR count). The molecule has 2 aromatic rings. The van der Waals surface area contributed by atoms with Gasteiger partial charge in [0.15, 0.2) is 5.69 Å². The second-order valence-corrected chi connectivity index (χ2v) is 4.45. The molecule has 0 aliphatic heterocycles. The molecular weight excluding hydrogens is 311 g/mol. The van der Waals surface area contributed by atoms with Gasteiger partial charge in [-0.25, -0.2) is 9.97 Å². The Kier molecular flexibility index (Phi) is 3.82. The molecule has 0 N–H and O–H groups in total. The Morgan fingerprint density at radius 2 is 1.95 bits per heavy atom. The summed E-state index contributed by atoms with van der Waals surface area (Å²) in [7, 11) is 0. The quantitative estimate of drug-likeness (QED) is 0.476. The predicted octanol–water partition coefficient (Wildman–Crippen LogP) is 4.03. The SMILES string of the molecule is Cc1nc(Cl)nc(-c2cccc(C(F)(F)F)c2)c1[N+](=O)[O-]. The maximum atomic E-state index is 12.7. The summed E-state index contributed by atoms with van der Waals surface area (Å²) in [5, 5.41) is 10.8. The Balaban J connectivity index is 2.70. The van der Waals surface area contributed by atoms with Crippen LogP contribution in [0.1, 0.15) is 11.3 Å². The molecule has 0 saturated carbocycles. The molecule has 0 bridgehead atoms. The summed E-state index contributed by atoms with van der Waals surface area (Å²) in [6.07, 6.45) is -4.56. The Labute approximate surface area is 121 Å². The number of nitro groups is 1. The molecule has 0 radical (unpaired) electrons. The van der Waals surface area contributed by atoms with E-state index in [4.69, 9.17) is 11.6 Å². The first-order chi connectivity index (χ1) is 9.70. The highest BCUT2D eigenvalue weighted by Gasteiger charge is 2.31. The lowest BCUT2D eigenvalue weighted by molar-refractivity contribution is -0.385. The van der Waals surface area contributed by atoms with Crippen LogP contribution >= 0.6 is 11.6 Å². The lowest BCUT2D eigenvalue weighted by Gasteiger charge is -2.09. The summed E-state index contributed by atoms with van der Waals surface area (Å²) in [4.78, 5) is 17.7. The number of halogens is 4. The lowest BCUT2D eigenvalue weighted by Crippen LogP contribution is -2.06. The minimum atomic E-state index is -4.56. The average Bonchev–Trinajstić information content (AvgIpc) is 2.36. The third-order valence-corrected chi connectivity index (χ3v) is 2.85. The highest BCUT2D eigenvalue weighted by Crippen LogP contribution is 2.35. The van der Waals surface area contributed by atoms with Gasteiger partial charge in [-0.2, -0.15) is 13.2 Å². The Morgan fingerprint density at radius 3 is 2.52 bits per heavy atom. The highest BCUT2D eigenvalue weighted by molar-refractivity contribution is 6.28. The summed E-state index contributed by atoms with van der Waals surface area (Å²) >= 11 is 5.64. The largest absolute Gasteiger partial charge is 0.416 e. The molecule has 21 heavy (non-hydrogen) atoms. The van der Waals surface area contributed by atoms with Gasteiger partial charge in [0.25, 0.3) is 0 Å². The molecule has 0 saturated heterocycles. The average molecular weight is 318 g/mol. The zero-order valence-electron chi connectivity index (χ0n) is 10.5. The molecule has 0 fully saturated rings. The first-order valence-corrected chi connectivity index (χ1v) is 5.94. The van der Waals surface area contributed by atoms with Gasteiger partial charge in [-0.3, -0.25) is 10.1 Å². The number of rotatable bonds is 2. The molecule has 1 aromatic carbocycles. The van der Waals surface area contributed by atoms with E-state index in [9.17, 15) is 23.3 Å². The molecule has 1 heterocycles. The van der Waals surface area contributed by atoms with Crippen LogP contribution in [0.5, 0.6) is 0 Å². The first-order valence-electron chi connectivity index (χ1n) is 5.56. The van der Waals surface area contributed by atoms with Gasteiger partial charge in [-0.05, 0) is 30.7 Å². The van der Waals surface area contributed by atoms with Crippen molar-refractivity contribution in [3.8, 4) is 11.3 Å². The van der Waals surface area contributed by atoms with E-state index in [1.54, 1.807) is 0 Å². The predicted molar refractivity (Wildman–Crippen MR) is 68.9 cm³/mol. The molecule has 5 nitrogen and oxygen atoms in total. The number of hydrogen-bond donors (Lipinski definition) is 0. The summed E-state index contributed by atoms with van der Waals surface area (Å²) in [5.41, 5.74) is -1.72. The third-order valence-electron chi connectivity index (χ3n) is 2.68. The monoisotopic (exact) mass is 317 g/mol. The standard InChI is InChI=1S/C12H7ClF3N3O2/c1-6-10(19(20)21)9(18-11(13)17-6)7-3-2-4-8(5-7)12(14,15)16/h2-5H,1H3. The minimum absolute atomic E-state index is 0.0209. The van der Waals surface area contributed by atoms with Gasteiger partial charge in [0, 0.05) is 5.56 Å². The van der Waals surface area contributed by atoms with Crippen LogP contribution in [0.4, 0.5) is 18.9 Å². The molecule has 9 heteroatoms. The fraction of sp³-hybridized carbons (Fsp3) is 0.167. The number of nitrogens with zero attached hydrogens (tertiary/aromatic N) is 3. The van der Waals surface area contributed by atoms with E-state index in [0.717, 1.165) is 18.2 Å². The molecule has 0 aliphatic carbocycles. The number of benzene rings is 1. The number of aryl methyl sites for hydroxylation is 1. The highest BCUT2D eigenvalue weighted by atomic mass is 35.5. The van der Waals surface area contributed by atoms with Crippen molar-refractivity contribution in [2.75, 3.05) is 0 Å². The smallest absolute Gasteiger partial charge is 0.258 e. The first kappa shape index (κ1) is 15.2. The lowest BCUT2D eigenvalue weighted by atomic mass is 10.1. The fourth-order valence-electron chi connectivity index (χ4n) is 1.80. The molecule has 0 aliphatic rings. The number of hydrogen-bond acceptors (Lipinski definition) is 4. The van der Waals surface area contributed by atoms with Crippen molar-refractivity contribution in [3.63, 3.8) is 0 Å². The summed E-state index contributed by atoms with van der Waals surface area (Å²) in [6, 6.07) is 4.09. The maximum absolute atomic E-state index is 12.7. The van der Waals surface area contributed by atoms with Gasteiger partial charge in [-0.15, -0.1) is 0 Å². The normalized spacial score (nSPS) is 11.5. The minimum Gasteiger partial charge on any atom is -0.258 e. The number of aromatic nitrogens is 2. The second kappa shape index (κ2) is 5.28. The van der Waals surface area contributed by atoms with Gasteiger partial charge in [0.05, 0.1) is 10.5 Å².